The second kappa shape index (κ2) is 8.51. The van der Waals surface area contributed by atoms with Crippen LogP contribution < -0.4 is 11.2 Å². The molecule has 0 amide bonds. The topological polar surface area (TPSA) is 244 Å². The Hall–Kier alpha value is -0.990. The number of hydrogen-bond acceptors (Lipinski definition) is 10. The Morgan fingerprint density at radius 2 is 1.80 bits per heavy atom. The highest BCUT2D eigenvalue weighted by Gasteiger charge is 2.47. The molecule has 0 aromatic carbocycles. The lowest BCUT2D eigenvalue weighted by atomic mass is 10.1. The van der Waals surface area contributed by atoms with E-state index in [2.05, 4.69) is 18.1 Å². The van der Waals surface area contributed by atoms with Gasteiger partial charge in [-0.1, -0.05) is 0 Å². The first kappa shape index (κ1) is 25.3. The van der Waals surface area contributed by atoms with Crippen molar-refractivity contribution in [2.45, 2.75) is 38.2 Å². The van der Waals surface area contributed by atoms with E-state index in [0.717, 1.165) is 4.57 Å². The van der Waals surface area contributed by atoms with Gasteiger partial charge in [0.1, 0.15) is 11.8 Å². The summed E-state index contributed by atoms with van der Waals surface area (Å²) >= 11 is 0. The van der Waals surface area contributed by atoms with Crippen LogP contribution in [0.3, 0.4) is 0 Å². The zero-order valence-electron chi connectivity index (χ0n) is 15.3. The summed E-state index contributed by atoms with van der Waals surface area (Å²) in [4.78, 5) is 61.1. The van der Waals surface area contributed by atoms with Crippen LogP contribution >= 0.6 is 23.5 Å². The summed E-state index contributed by atoms with van der Waals surface area (Å²) in [6.45, 7) is 1.92. The molecule has 1 fully saturated rings. The fourth-order valence-corrected chi connectivity index (χ4v) is 5.69. The van der Waals surface area contributed by atoms with Crippen LogP contribution in [0.4, 0.5) is 0 Å². The van der Waals surface area contributed by atoms with Crippen LogP contribution in [0.15, 0.2) is 15.8 Å². The minimum atomic E-state index is -5.69. The molecule has 19 heteroatoms. The van der Waals surface area contributed by atoms with Gasteiger partial charge in [0.05, 0.1) is 12.7 Å². The van der Waals surface area contributed by atoms with Gasteiger partial charge in [0.2, 0.25) is 0 Å². The highest BCUT2D eigenvalue weighted by molar-refractivity contribution is 7.66. The Morgan fingerprint density at radius 1 is 1.20 bits per heavy atom. The van der Waals surface area contributed by atoms with Crippen LogP contribution in [0.25, 0.3) is 0 Å². The third-order valence-electron chi connectivity index (χ3n) is 3.87. The molecule has 1 aliphatic heterocycles. The van der Waals surface area contributed by atoms with Crippen molar-refractivity contribution in [3.05, 3.63) is 32.6 Å². The summed E-state index contributed by atoms with van der Waals surface area (Å²) in [6, 6.07) is 0. The number of rotatable bonds is 8. The van der Waals surface area contributed by atoms with Crippen molar-refractivity contribution in [3.63, 3.8) is 0 Å². The SMILES string of the molecule is Cc1cn([C@@]2(C)C[C@H](O)[C@@H](COP(=O)(O)OP(=O)(O)OP(=O)(O)O)O2)c(=O)[nH]c1=O. The highest BCUT2D eigenvalue weighted by Crippen LogP contribution is 2.66. The Labute approximate surface area is 167 Å². The number of phosphoric ester groups is 1. The van der Waals surface area contributed by atoms with Gasteiger partial charge in [0.15, 0.2) is 0 Å². The standard InChI is InChI=1S/C11H19N2O14P3/c1-6-4-13(10(16)12-9(6)15)11(2)3-7(14)8(25-11)5-24-29(20,21)27-30(22,23)26-28(17,18)19/h4,7-8,14H,3,5H2,1-2H3,(H,20,21)(H,22,23)(H,12,15,16)(H2,17,18,19)/t7-,8+,11+/m0/s1. The molecule has 0 bridgehead atoms. The zero-order valence-corrected chi connectivity index (χ0v) is 18.0. The molecule has 2 unspecified atom stereocenters. The van der Waals surface area contributed by atoms with Gasteiger partial charge >= 0.3 is 29.2 Å². The number of aliphatic hydroxyl groups is 1. The van der Waals surface area contributed by atoms with Crippen LogP contribution in [0.2, 0.25) is 0 Å². The maximum absolute atomic E-state index is 12.1. The Morgan fingerprint density at radius 3 is 2.37 bits per heavy atom. The minimum absolute atomic E-state index is 0.172. The summed E-state index contributed by atoms with van der Waals surface area (Å²) in [6.07, 6.45) is -1.69. The van der Waals surface area contributed by atoms with Gasteiger partial charge in [-0.05, 0) is 13.8 Å². The molecule has 30 heavy (non-hydrogen) atoms. The van der Waals surface area contributed by atoms with Crippen molar-refractivity contribution in [1.82, 2.24) is 9.55 Å². The van der Waals surface area contributed by atoms with Crippen molar-refractivity contribution in [2.24, 2.45) is 0 Å². The lowest BCUT2D eigenvalue weighted by molar-refractivity contribution is -0.106. The van der Waals surface area contributed by atoms with E-state index in [1.165, 1.54) is 20.0 Å². The summed E-state index contributed by atoms with van der Waals surface area (Å²) in [5.74, 6) is 0. The van der Waals surface area contributed by atoms with E-state index in [4.69, 9.17) is 19.4 Å². The highest BCUT2D eigenvalue weighted by atomic mass is 31.3. The van der Waals surface area contributed by atoms with Gasteiger partial charge in [-0.3, -0.25) is 18.9 Å². The normalized spacial score (nSPS) is 28.8. The molecule has 0 aliphatic carbocycles. The predicted molar refractivity (Wildman–Crippen MR) is 95.0 cm³/mol. The fourth-order valence-electron chi connectivity index (χ4n) is 2.66. The smallest absolute Gasteiger partial charge is 0.390 e. The van der Waals surface area contributed by atoms with Crippen molar-refractivity contribution in [3.8, 4) is 0 Å². The lowest BCUT2D eigenvalue weighted by Gasteiger charge is -2.27. The molecule has 172 valence electrons. The fraction of sp³-hybridized carbons (Fsp3) is 0.636. The van der Waals surface area contributed by atoms with Crippen molar-refractivity contribution in [1.29, 1.82) is 0 Å². The number of H-pyrrole nitrogens is 1. The van der Waals surface area contributed by atoms with E-state index in [1.807, 2.05) is 0 Å². The number of aromatic amines is 1. The second-order valence-corrected chi connectivity index (χ2v) is 10.9. The van der Waals surface area contributed by atoms with E-state index in [9.17, 15) is 33.3 Å². The van der Waals surface area contributed by atoms with Crippen LogP contribution in [-0.4, -0.2) is 53.0 Å². The molecule has 1 saturated heterocycles. The molecule has 0 saturated carbocycles. The van der Waals surface area contributed by atoms with Crippen molar-refractivity contribution in [2.75, 3.05) is 6.61 Å². The molecular weight excluding hydrogens is 477 g/mol. The first-order valence-electron chi connectivity index (χ1n) is 7.90. The zero-order chi connectivity index (χ0) is 23.1. The number of aliphatic hydroxyl groups excluding tert-OH is 1. The minimum Gasteiger partial charge on any atom is -0.390 e. The average molecular weight is 496 g/mol. The first-order valence-corrected chi connectivity index (χ1v) is 12.4. The number of aromatic nitrogens is 2. The largest absolute Gasteiger partial charge is 0.490 e. The number of phosphoric acid groups is 3. The number of ether oxygens (including phenoxy) is 1. The summed E-state index contributed by atoms with van der Waals surface area (Å²) in [7, 11) is -16.6. The molecule has 0 radical (unpaired) electrons. The lowest BCUT2D eigenvalue weighted by Crippen LogP contribution is -2.43. The van der Waals surface area contributed by atoms with Crippen LogP contribution in [-0.2, 0) is 37.3 Å². The Balaban J connectivity index is 2.10. The molecule has 1 aromatic rings. The summed E-state index contributed by atoms with van der Waals surface area (Å²) < 4.78 is 51.7. The molecule has 2 heterocycles. The van der Waals surface area contributed by atoms with Gasteiger partial charge in [0.25, 0.3) is 5.56 Å². The monoisotopic (exact) mass is 496 g/mol. The molecule has 1 aromatic heterocycles. The maximum atomic E-state index is 12.1. The van der Waals surface area contributed by atoms with Gasteiger partial charge in [-0.2, -0.15) is 8.62 Å². The first-order chi connectivity index (χ1) is 13.4. The molecule has 6 N–H and O–H groups in total. The molecule has 1 aliphatic rings. The van der Waals surface area contributed by atoms with Gasteiger partial charge in [-0.15, -0.1) is 0 Å². The number of hydrogen-bond donors (Lipinski definition) is 6. The summed E-state index contributed by atoms with van der Waals surface area (Å²) in [5, 5.41) is 10.1. The third-order valence-corrected chi connectivity index (χ3v) is 7.67. The van der Waals surface area contributed by atoms with Crippen LogP contribution in [0.5, 0.6) is 0 Å². The van der Waals surface area contributed by atoms with Gasteiger partial charge < -0.3 is 29.4 Å². The van der Waals surface area contributed by atoms with Gasteiger partial charge in [0, 0.05) is 18.2 Å². The van der Waals surface area contributed by atoms with Crippen molar-refractivity contribution >= 4 is 23.5 Å². The van der Waals surface area contributed by atoms with Crippen molar-refractivity contribution < 1.29 is 56.3 Å². The molecule has 0 spiro atoms. The Kier molecular flexibility index (Phi) is 7.17. The quantitative estimate of drug-likeness (QED) is 0.237. The van der Waals surface area contributed by atoms with Crippen LogP contribution in [0.1, 0.15) is 18.9 Å². The van der Waals surface area contributed by atoms with Crippen LogP contribution in [0, 0.1) is 6.92 Å². The number of nitrogens with zero attached hydrogens (tertiary/aromatic N) is 1. The Bertz CT molecular complexity index is 1060. The van der Waals surface area contributed by atoms with E-state index in [0.29, 0.717) is 0 Å². The van der Waals surface area contributed by atoms with E-state index in [1.54, 1.807) is 0 Å². The maximum Gasteiger partial charge on any atom is 0.490 e. The van der Waals surface area contributed by atoms with E-state index in [-0.39, 0.29) is 12.0 Å². The number of nitrogens with one attached hydrogen (secondary N) is 1. The molecule has 16 nitrogen and oxygen atoms in total. The molecule has 2 rings (SSSR count). The molecule has 5 atom stereocenters. The number of aryl methyl sites for hydroxylation is 1. The average Bonchev–Trinajstić information content (AvgIpc) is 2.80. The second-order valence-electron chi connectivity index (χ2n) is 6.43. The molecular formula is C11H19N2O14P3. The van der Waals surface area contributed by atoms with E-state index < -0.39 is 59.3 Å². The third kappa shape index (κ3) is 6.50. The predicted octanol–water partition coefficient (Wildman–Crippen LogP) is -0.989. The summed E-state index contributed by atoms with van der Waals surface area (Å²) in [5.41, 5.74) is -2.78. The van der Waals surface area contributed by atoms with Gasteiger partial charge in [-0.25, -0.2) is 18.5 Å². The van der Waals surface area contributed by atoms with E-state index >= 15 is 0 Å².